The van der Waals surface area contributed by atoms with Gasteiger partial charge in [-0.1, -0.05) is 23.9 Å². The summed E-state index contributed by atoms with van der Waals surface area (Å²) in [6.45, 7) is 6.71. The summed E-state index contributed by atoms with van der Waals surface area (Å²) >= 11 is 1.59. The van der Waals surface area contributed by atoms with Crippen LogP contribution < -0.4 is 4.90 Å². The topological polar surface area (TPSA) is 49.3 Å². The van der Waals surface area contributed by atoms with Gasteiger partial charge in [0.2, 0.25) is 0 Å². The molecule has 6 heteroatoms. The standard InChI is InChI=1S/C19H26N4OS/c1-7-23(6)18(24)16-10-8-9-15(11-16)12-25-19-20-14(3)13(2)17(21-19)22(4)5/h8-11H,7,12H2,1-6H3. The van der Waals surface area contributed by atoms with Gasteiger partial charge in [-0.25, -0.2) is 9.97 Å². The van der Waals surface area contributed by atoms with Crippen molar-refractivity contribution >= 4 is 23.5 Å². The van der Waals surface area contributed by atoms with Crippen LogP contribution in [0.25, 0.3) is 0 Å². The van der Waals surface area contributed by atoms with E-state index in [4.69, 9.17) is 0 Å². The number of aryl methyl sites for hydroxylation is 1. The molecule has 0 unspecified atom stereocenters. The van der Waals surface area contributed by atoms with E-state index < -0.39 is 0 Å². The number of aromatic nitrogens is 2. The normalized spacial score (nSPS) is 10.6. The lowest BCUT2D eigenvalue weighted by Crippen LogP contribution is -2.26. The number of thioether (sulfide) groups is 1. The first-order chi connectivity index (χ1) is 11.8. The van der Waals surface area contributed by atoms with Gasteiger partial charge < -0.3 is 9.80 Å². The Kier molecular flexibility index (Phi) is 6.42. The van der Waals surface area contributed by atoms with E-state index in [1.54, 1.807) is 16.7 Å². The van der Waals surface area contributed by atoms with Crippen LogP contribution in [-0.2, 0) is 5.75 Å². The molecule has 25 heavy (non-hydrogen) atoms. The molecular formula is C19H26N4OS. The Hall–Kier alpha value is -2.08. The number of hydrogen-bond donors (Lipinski definition) is 0. The zero-order valence-electron chi connectivity index (χ0n) is 15.8. The van der Waals surface area contributed by atoms with Crippen LogP contribution in [0, 0.1) is 13.8 Å². The van der Waals surface area contributed by atoms with Crippen LogP contribution >= 0.6 is 11.8 Å². The molecule has 1 heterocycles. The highest BCUT2D eigenvalue weighted by atomic mass is 32.2. The van der Waals surface area contributed by atoms with Gasteiger partial charge in [0.1, 0.15) is 5.82 Å². The fraction of sp³-hybridized carbons (Fsp3) is 0.421. The molecule has 0 bridgehead atoms. The molecule has 0 radical (unpaired) electrons. The van der Waals surface area contributed by atoms with Crippen molar-refractivity contribution in [2.45, 2.75) is 31.7 Å². The lowest BCUT2D eigenvalue weighted by Gasteiger charge is -2.17. The van der Waals surface area contributed by atoms with Crippen LogP contribution in [0.2, 0.25) is 0 Å². The van der Waals surface area contributed by atoms with Gasteiger partial charge in [0.15, 0.2) is 5.16 Å². The number of nitrogens with zero attached hydrogens (tertiary/aromatic N) is 4. The molecular weight excluding hydrogens is 332 g/mol. The van der Waals surface area contributed by atoms with E-state index in [1.807, 2.05) is 71.1 Å². The highest BCUT2D eigenvalue weighted by Gasteiger charge is 2.12. The zero-order chi connectivity index (χ0) is 18.6. The van der Waals surface area contributed by atoms with Crippen molar-refractivity contribution in [3.8, 4) is 0 Å². The quantitative estimate of drug-likeness (QED) is 0.584. The molecule has 2 rings (SSSR count). The summed E-state index contributed by atoms with van der Waals surface area (Å²) in [7, 11) is 5.79. The third-order valence-electron chi connectivity index (χ3n) is 4.13. The maximum atomic E-state index is 12.3. The SMILES string of the molecule is CCN(C)C(=O)c1cccc(CSc2nc(C)c(C)c(N(C)C)n2)c1. The van der Waals surface area contributed by atoms with Crippen LogP contribution in [0.1, 0.15) is 34.1 Å². The van der Waals surface area contributed by atoms with Crippen molar-refractivity contribution < 1.29 is 4.79 Å². The molecule has 0 atom stereocenters. The van der Waals surface area contributed by atoms with Crippen molar-refractivity contribution in [2.75, 3.05) is 32.6 Å². The molecule has 0 N–H and O–H groups in total. The minimum Gasteiger partial charge on any atom is -0.362 e. The Balaban J connectivity index is 2.16. The Morgan fingerprint density at radius 3 is 2.52 bits per heavy atom. The van der Waals surface area contributed by atoms with Crippen molar-refractivity contribution in [3.05, 3.63) is 46.6 Å². The predicted molar refractivity (Wildman–Crippen MR) is 104 cm³/mol. The molecule has 0 aliphatic carbocycles. The second kappa shape index (κ2) is 8.34. The van der Waals surface area contributed by atoms with Crippen molar-refractivity contribution in [3.63, 3.8) is 0 Å². The lowest BCUT2D eigenvalue weighted by molar-refractivity contribution is 0.0802. The maximum Gasteiger partial charge on any atom is 0.253 e. The first-order valence-corrected chi connectivity index (χ1v) is 9.31. The van der Waals surface area contributed by atoms with E-state index in [0.717, 1.165) is 39.1 Å². The minimum absolute atomic E-state index is 0.0478. The number of benzene rings is 1. The number of carbonyl (C=O) groups is 1. The maximum absolute atomic E-state index is 12.3. The second-order valence-electron chi connectivity index (χ2n) is 6.24. The van der Waals surface area contributed by atoms with Crippen LogP contribution in [0.4, 0.5) is 5.82 Å². The smallest absolute Gasteiger partial charge is 0.253 e. The molecule has 1 amide bonds. The summed E-state index contributed by atoms with van der Waals surface area (Å²) in [6, 6.07) is 7.78. The van der Waals surface area contributed by atoms with Crippen LogP contribution in [0.15, 0.2) is 29.4 Å². The molecule has 0 spiro atoms. The van der Waals surface area contributed by atoms with Gasteiger partial charge in [-0.15, -0.1) is 0 Å². The second-order valence-corrected chi connectivity index (χ2v) is 7.19. The predicted octanol–water partition coefficient (Wildman–Crippen LogP) is 3.54. The average molecular weight is 359 g/mol. The van der Waals surface area contributed by atoms with Crippen LogP contribution in [0.3, 0.4) is 0 Å². The Labute approximate surface area is 154 Å². The number of carbonyl (C=O) groups excluding carboxylic acids is 1. The lowest BCUT2D eigenvalue weighted by atomic mass is 10.1. The molecule has 2 aromatic rings. The molecule has 1 aromatic heterocycles. The molecule has 1 aromatic carbocycles. The third-order valence-corrected chi connectivity index (χ3v) is 5.05. The third kappa shape index (κ3) is 4.72. The largest absolute Gasteiger partial charge is 0.362 e. The first-order valence-electron chi connectivity index (χ1n) is 8.33. The summed E-state index contributed by atoms with van der Waals surface area (Å²) in [5.41, 5.74) is 3.91. The van der Waals surface area contributed by atoms with Gasteiger partial charge in [0, 0.05) is 50.3 Å². The number of hydrogen-bond acceptors (Lipinski definition) is 5. The Morgan fingerprint density at radius 2 is 1.88 bits per heavy atom. The van der Waals surface area contributed by atoms with Gasteiger partial charge in [-0.05, 0) is 38.5 Å². The fourth-order valence-corrected chi connectivity index (χ4v) is 3.22. The monoisotopic (exact) mass is 358 g/mol. The summed E-state index contributed by atoms with van der Waals surface area (Å²) in [5, 5.41) is 0.759. The van der Waals surface area contributed by atoms with Crippen molar-refractivity contribution in [1.82, 2.24) is 14.9 Å². The summed E-state index contributed by atoms with van der Waals surface area (Å²) < 4.78 is 0. The van der Waals surface area contributed by atoms with Gasteiger partial charge in [-0.2, -0.15) is 0 Å². The molecule has 0 aliphatic rings. The summed E-state index contributed by atoms with van der Waals surface area (Å²) in [5.74, 6) is 1.72. The van der Waals surface area contributed by atoms with Crippen molar-refractivity contribution in [2.24, 2.45) is 0 Å². The molecule has 0 saturated carbocycles. The van der Waals surface area contributed by atoms with Gasteiger partial charge >= 0.3 is 0 Å². The molecule has 5 nitrogen and oxygen atoms in total. The van der Waals surface area contributed by atoms with Crippen LogP contribution in [0.5, 0.6) is 0 Å². The van der Waals surface area contributed by atoms with E-state index in [9.17, 15) is 4.79 Å². The molecule has 134 valence electrons. The van der Waals surface area contributed by atoms with E-state index in [2.05, 4.69) is 9.97 Å². The fourth-order valence-electron chi connectivity index (χ4n) is 2.39. The highest BCUT2D eigenvalue weighted by Crippen LogP contribution is 2.25. The first kappa shape index (κ1) is 19.2. The van der Waals surface area contributed by atoms with Gasteiger partial charge in [0.25, 0.3) is 5.91 Å². The van der Waals surface area contributed by atoms with Gasteiger partial charge in [0.05, 0.1) is 0 Å². The number of amides is 1. The number of anilines is 1. The highest BCUT2D eigenvalue weighted by molar-refractivity contribution is 7.98. The van der Waals surface area contributed by atoms with Gasteiger partial charge in [-0.3, -0.25) is 4.79 Å². The molecule has 0 aliphatic heterocycles. The summed E-state index contributed by atoms with van der Waals surface area (Å²) in [6.07, 6.45) is 0. The van der Waals surface area contributed by atoms with Crippen LogP contribution in [-0.4, -0.2) is 48.5 Å². The molecule has 0 saturated heterocycles. The van der Waals surface area contributed by atoms with Crippen molar-refractivity contribution in [1.29, 1.82) is 0 Å². The average Bonchev–Trinajstić information content (AvgIpc) is 2.61. The van der Waals surface area contributed by atoms with E-state index in [-0.39, 0.29) is 5.91 Å². The molecule has 0 fully saturated rings. The number of rotatable bonds is 6. The summed E-state index contributed by atoms with van der Waals surface area (Å²) in [4.78, 5) is 25.2. The Bertz CT molecular complexity index is 761. The van der Waals surface area contributed by atoms with E-state index in [1.165, 1.54) is 0 Å². The minimum atomic E-state index is 0.0478. The Morgan fingerprint density at radius 1 is 1.16 bits per heavy atom. The van der Waals surface area contributed by atoms with E-state index >= 15 is 0 Å². The van der Waals surface area contributed by atoms with E-state index in [0.29, 0.717) is 6.54 Å². The zero-order valence-corrected chi connectivity index (χ0v) is 16.6.